The molecule has 25 heavy (non-hydrogen) atoms. The molecular formula is C16H18N4O4S. The first-order valence-corrected chi connectivity index (χ1v) is 8.82. The van der Waals surface area contributed by atoms with E-state index < -0.39 is 17.5 Å². The van der Waals surface area contributed by atoms with Crippen LogP contribution in [-0.4, -0.2) is 56.5 Å². The number of anilines is 1. The number of carbonyl (C=O) groups is 2. The Morgan fingerprint density at radius 2 is 2.20 bits per heavy atom. The summed E-state index contributed by atoms with van der Waals surface area (Å²) in [5.41, 5.74) is -0.252. The molecular weight excluding hydrogens is 344 g/mol. The highest BCUT2D eigenvalue weighted by Gasteiger charge is 2.26. The second kappa shape index (κ2) is 7.47. The van der Waals surface area contributed by atoms with Crippen LogP contribution in [0.3, 0.4) is 0 Å². The summed E-state index contributed by atoms with van der Waals surface area (Å²) in [5.74, 6) is -1.64. The fourth-order valence-corrected chi connectivity index (χ4v) is 3.50. The van der Waals surface area contributed by atoms with E-state index in [-0.39, 0.29) is 11.6 Å². The van der Waals surface area contributed by atoms with Gasteiger partial charge in [0.15, 0.2) is 5.69 Å². The largest absolute Gasteiger partial charge is 0.501 e. The second-order valence-electron chi connectivity index (χ2n) is 5.64. The number of aromatic hydroxyl groups is 2. The molecule has 9 heteroatoms. The van der Waals surface area contributed by atoms with Crippen LogP contribution in [0.1, 0.15) is 29.8 Å². The van der Waals surface area contributed by atoms with Crippen LogP contribution in [0.25, 0.3) is 0 Å². The van der Waals surface area contributed by atoms with Crippen LogP contribution < -0.4 is 4.90 Å². The van der Waals surface area contributed by atoms with Gasteiger partial charge in [0.1, 0.15) is 6.33 Å². The molecule has 0 unspecified atom stereocenters. The summed E-state index contributed by atoms with van der Waals surface area (Å²) >= 11 is 1.38. The third-order valence-corrected chi connectivity index (χ3v) is 4.90. The molecule has 0 saturated carbocycles. The maximum atomic E-state index is 12.8. The van der Waals surface area contributed by atoms with Gasteiger partial charge in [0.25, 0.3) is 11.8 Å². The summed E-state index contributed by atoms with van der Waals surface area (Å²) in [6.07, 6.45) is 3.09. The first-order valence-electron chi connectivity index (χ1n) is 7.94. The van der Waals surface area contributed by atoms with Gasteiger partial charge < -0.3 is 15.1 Å². The fourth-order valence-electron chi connectivity index (χ4n) is 2.75. The molecule has 2 N–H and O–H groups in total. The van der Waals surface area contributed by atoms with Crippen LogP contribution in [0.5, 0.6) is 11.6 Å². The van der Waals surface area contributed by atoms with E-state index in [1.54, 1.807) is 11.0 Å². The lowest BCUT2D eigenvalue weighted by atomic mass is 10.3. The SMILES string of the molecule is O=C1CCCN1CCCN(C(=O)c1ncnc(O)c1O)c1cccs1. The van der Waals surface area contributed by atoms with E-state index in [1.807, 2.05) is 11.4 Å². The van der Waals surface area contributed by atoms with Gasteiger partial charge in [-0.15, -0.1) is 11.3 Å². The quantitative estimate of drug-likeness (QED) is 0.808. The van der Waals surface area contributed by atoms with E-state index in [0.29, 0.717) is 30.9 Å². The number of hydrogen-bond donors (Lipinski definition) is 2. The minimum Gasteiger partial charge on any atom is -0.501 e. The van der Waals surface area contributed by atoms with Gasteiger partial charge in [0.2, 0.25) is 11.7 Å². The van der Waals surface area contributed by atoms with Crippen molar-refractivity contribution < 1.29 is 19.8 Å². The molecule has 2 aromatic rings. The van der Waals surface area contributed by atoms with Gasteiger partial charge >= 0.3 is 0 Å². The van der Waals surface area contributed by atoms with Gasteiger partial charge in [-0.3, -0.25) is 14.5 Å². The Hall–Kier alpha value is -2.68. The van der Waals surface area contributed by atoms with Gasteiger partial charge in [-0.2, -0.15) is 4.98 Å². The van der Waals surface area contributed by atoms with E-state index in [0.717, 1.165) is 19.3 Å². The number of thiophene rings is 1. The standard InChI is InChI=1S/C16H18N4O4S/c21-11-4-1-6-19(11)7-3-8-20(12-5-2-9-25-12)16(24)13-14(22)15(23)18-10-17-13/h2,5,9-10,22H,1,3-4,6-8H2,(H,17,18,23). The molecule has 0 radical (unpaired) electrons. The minimum absolute atomic E-state index is 0.146. The monoisotopic (exact) mass is 362 g/mol. The minimum atomic E-state index is -0.635. The molecule has 1 saturated heterocycles. The summed E-state index contributed by atoms with van der Waals surface area (Å²) in [5, 5.41) is 21.9. The fraction of sp³-hybridized carbons (Fsp3) is 0.375. The topological polar surface area (TPSA) is 107 Å². The zero-order valence-electron chi connectivity index (χ0n) is 13.5. The molecule has 1 fully saturated rings. The zero-order valence-corrected chi connectivity index (χ0v) is 14.3. The molecule has 132 valence electrons. The zero-order chi connectivity index (χ0) is 17.8. The molecule has 3 heterocycles. The maximum Gasteiger partial charge on any atom is 0.281 e. The Balaban J connectivity index is 1.74. The normalized spacial score (nSPS) is 14.1. The highest BCUT2D eigenvalue weighted by Crippen LogP contribution is 2.29. The Kier molecular flexibility index (Phi) is 5.13. The number of nitrogens with zero attached hydrogens (tertiary/aromatic N) is 4. The summed E-state index contributed by atoms with van der Waals surface area (Å²) < 4.78 is 0. The van der Waals surface area contributed by atoms with Crippen LogP contribution >= 0.6 is 11.3 Å². The van der Waals surface area contributed by atoms with Crippen molar-refractivity contribution in [3.63, 3.8) is 0 Å². The van der Waals surface area contributed by atoms with Gasteiger partial charge in [0, 0.05) is 26.1 Å². The van der Waals surface area contributed by atoms with Crippen LogP contribution in [0.15, 0.2) is 23.8 Å². The van der Waals surface area contributed by atoms with E-state index in [1.165, 1.54) is 16.2 Å². The smallest absolute Gasteiger partial charge is 0.281 e. The number of amides is 2. The van der Waals surface area contributed by atoms with Gasteiger partial charge in [0.05, 0.1) is 5.00 Å². The predicted molar refractivity (Wildman–Crippen MR) is 91.8 cm³/mol. The Morgan fingerprint density at radius 3 is 2.88 bits per heavy atom. The van der Waals surface area contributed by atoms with Crippen molar-refractivity contribution in [3.05, 3.63) is 29.5 Å². The Morgan fingerprint density at radius 1 is 1.36 bits per heavy atom. The van der Waals surface area contributed by atoms with Crippen molar-refractivity contribution in [1.82, 2.24) is 14.9 Å². The molecule has 0 atom stereocenters. The van der Waals surface area contributed by atoms with Crippen LogP contribution in [0, 0.1) is 0 Å². The lowest BCUT2D eigenvalue weighted by Crippen LogP contribution is -2.35. The van der Waals surface area contributed by atoms with E-state index in [4.69, 9.17) is 0 Å². The van der Waals surface area contributed by atoms with Crippen LogP contribution in [0.4, 0.5) is 5.00 Å². The second-order valence-corrected chi connectivity index (χ2v) is 6.57. The van der Waals surface area contributed by atoms with Crippen molar-refractivity contribution in [2.45, 2.75) is 19.3 Å². The van der Waals surface area contributed by atoms with Crippen molar-refractivity contribution >= 4 is 28.2 Å². The summed E-state index contributed by atoms with van der Waals surface area (Å²) in [7, 11) is 0. The number of aromatic nitrogens is 2. The Bertz CT molecular complexity index is 766. The number of hydrogen-bond acceptors (Lipinski definition) is 7. The highest BCUT2D eigenvalue weighted by molar-refractivity contribution is 7.14. The summed E-state index contributed by atoms with van der Waals surface area (Å²) in [6.45, 7) is 1.70. The molecule has 0 aliphatic carbocycles. The molecule has 0 spiro atoms. The van der Waals surface area contributed by atoms with Crippen LogP contribution in [-0.2, 0) is 4.79 Å². The molecule has 1 aliphatic rings. The molecule has 2 amide bonds. The van der Waals surface area contributed by atoms with Gasteiger partial charge in [-0.1, -0.05) is 0 Å². The number of likely N-dealkylation sites (tertiary alicyclic amines) is 1. The average Bonchev–Trinajstić information content (AvgIpc) is 3.26. The van der Waals surface area contributed by atoms with E-state index in [2.05, 4.69) is 9.97 Å². The lowest BCUT2D eigenvalue weighted by Gasteiger charge is -2.23. The average molecular weight is 362 g/mol. The third kappa shape index (κ3) is 3.71. The predicted octanol–water partition coefficient (Wildman–Crippen LogP) is 1.61. The molecule has 8 nitrogen and oxygen atoms in total. The molecule has 2 aromatic heterocycles. The van der Waals surface area contributed by atoms with E-state index >= 15 is 0 Å². The number of rotatable bonds is 6. The van der Waals surface area contributed by atoms with E-state index in [9.17, 15) is 19.8 Å². The molecule has 1 aliphatic heterocycles. The molecule has 0 aromatic carbocycles. The Labute approximate surface area is 148 Å². The van der Waals surface area contributed by atoms with Crippen molar-refractivity contribution in [2.24, 2.45) is 0 Å². The van der Waals surface area contributed by atoms with Crippen LogP contribution in [0.2, 0.25) is 0 Å². The molecule has 0 bridgehead atoms. The lowest BCUT2D eigenvalue weighted by molar-refractivity contribution is -0.127. The highest BCUT2D eigenvalue weighted by atomic mass is 32.1. The van der Waals surface area contributed by atoms with Gasteiger partial charge in [-0.25, -0.2) is 4.98 Å². The van der Waals surface area contributed by atoms with Crippen molar-refractivity contribution in [3.8, 4) is 11.6 Å². The first-order chi connectivity index (χ1) is 12.1. The van der Waals surface area contributed by atoms with Crippen molar-refractivity contribution in [1.29, 1.82) is 0 Å². The number of carbonyl (C=O) groups excluding carboxylic acids is 2. The van der Waals surface area contributed by atoms with Crippen molar-refractivity contribution in [2.75, 3.05) is 24.5 Å². The maximum absolute atomic E-state index is 12.8. The summed E-state index contributed by atoms with van der Waals surface area (Å²) in [4.78, 5) is 35.0. The first kappa shape index (κ1) is 17.2. The third-order valence-electron chi connectivity index (χ3n) is 4.00. The summed E-state index contributed by atoms with van der Waals surface area (Å²) in [6, 6.07) is 3.61. The van der Waals surface area contributed by atoms with Gasteiger partial charge in [-0.05, 0) is 30.4 Å². The molecule has 3 rings (SSSR count).